The summed E-state index contributed by atoms with van der Waals surface area (Å²) < 4.78 is 20.1. The third-order valence-corrected chi connectivity index (χ3v) is 7.15. The number of hydrogen-bond donors (Lipinski definition) is 2. The molecule has 1 saturated heterocycles. The largest absolute Gasteiger partial charge is 0.598 e. The number of hydrogen-bond acceptors (Lipinski definition) is 6. The second-order valence-electron chi connectivity index (χ2n) is 9.32. The first-order chi connectivity index (χ1) is 14.2. The maximum Gasteiger partial charge on any atom is 0.414 e. The van der Waals surface area contributed by atoms with E-state index in [0.29, 0.717) is 38.1 Å². The second-order valence-corrected chi connectivity index (χ2v) is 10.9. The smallest absolute Gasteiger partial charge is 0.414 e. The maximum absolute atomic E-state index is 12.8. The number of benzene rings is 1. The van der Waals surface area contributed by atoms with Crippen molar-refractivity contribution in [1.29, 1.82) is 0 Å². The van der Waals surface area contributed by atoms with Gasteiger partial charge >= 0.3 is 6.09 Å². The number of primary amides is 1. The van der Waals surface area contributed by atoms with Crippen LogP contribution in [0.5, 0.6) is 0 Å². The molecule has 31 heavy (non-hydrogen) atoms. The lowest BCUT2D eigenvalue weighted by Crippen LogP contribution is -2.59. The molecule has 9 heteroatoms. The van der Waals surface area contributed by atoms with Crippen molar-refractivity contribution in [2.24, 2.45) is 11.5 Å². The molecule has 0 spiro atoms. The zero-order chi connectivity index (χ0) is 23.6. The standard InChI is InChI=1S/C22H36N4O4S/c1-15-13-17(25(6)20(28)30-21(3,4)5)14-16(2)18(15)7-12-31(29)26-10-8-22(24,9-11-26)19(23)27/h13-14H,7-12,24H2,1-6H3,(H2,23,27)/t31-/m0/s1. The molecule has 2 amide bonds. The first-order valence-electron chi connectivity index (χ1n) is 10.5. The van der Waals surface area contributed by atoms with Crippen molar-refractivity contribution < 1.29 is 18.9 Å². The van der Waals surface area contributed by atoms with Crippen LogP contribution in [0.3, 0.4) is 0 Å². The van der Waals surface area contributed by atoms with E-state index in [1.807, 2.05) is 51.1 Å². The number of anilines is 1. The molecule has 1 aromatic carbocycles. The van der Waals surface area contributed by atoms with E-state index in [-0.39, 0.29) is 0 Å². The highest BCUT2D eigenvalue weighted by Crippen LogP contribution is 2.26. The Hall–Kier alpha value is -1.81. The van der Waals surface area contributed by atoms with Crippen molar-refractivity contribution in [3.05, 3.63) is 28.8 Å². The molecule has 174 valence electrons. The van der Waals surface area contributed by atoms with E-state index in [1.54, 1.807) is 7.05 Å². The van der Waals surface area contributed by atoms with Crippen LogP contribution in [0.25, 0.3) is 0 Å². The lowest BCUT2D eigenvalue weighted by Gasteiger charge is -2.36. The average molecular weight is 453 g/mol. The summed E-state index contributed by atoms with van der Waals surface area (Å²) in [6.45, 7) is 10.5. The molecule has 0 unspecified atom stereocenters. The fraction of sp³-hybridized carbons (Fsp3) is 0.636. The number of amides is 2. The quantitative estimate of drug-likeness (QED) is 0.637. The minimum absolute atomic E-state index is 0.405. The summed E-state index contributed by atoms with van der Waals surface area (Å²) >= 11 is -1.16. The van der Waals surface area contributed by atoms with Gasteiger partial charge in [-0.25, -0.2) is 4.79 Å². The molecule has 0 aromatic heterocycles. The molecular formula is C22H36N4O4S. The lowest BCUT2D eigenvalue weighted by atomic mass is 9.89. The van der Waals surface area contributed by atoms with Gasteiger partial charge in [-0.05, 0) is 76.3 Å². The van der Waals surface area contributed by atoms with Gasteiger partial charge in [-0.15, -0.1) is 4.31 Å². The Morgan fingerprint density at radius 2 is 1.74 bits per heavy atom. The minimum atomic E-state index is -1.16. The molecule has 1 heterocycles. The first-order valence-corrected chi connectivity index (χ1v) is 11.8. The molecule has 0 radical (unpaired) electrons. The van der Waals surface area contributed by atoms with E-state index in [0.717, 1.165) is 22.4 Å². The van der Waals surface area contributed by atoms with Crippen LogP contribution >= 0.6 is 0 Å². The molecule has 1 aromatic rings. The van der Waals surface area contributed by atoms with Crippen molar-refractivity contribution in [2.75, 3.05) is 30.8 Å². The van der Waals surface area contributed by atoms with Crippen molar-refractivity contribution in [3.63, 3.8) is 0 Å². The van der Waals surface area contributed by atoms with E-state index < -0.39 is 34.5 Å². The summed E-state index contributed by atoms with van der Waals surface area (Å²) in [7, 11) is 1.69. The van der Waals surface area contributed by atoms with Crippen LogP contribution in [0, 0.1) is 13.8 Å². The SMILES string of the molecule is Cc1cc(N(C)C(=O)OC(C)(C)C)cc(C)c1CC[S@+]([O-])N1CCC(N)(C(N)=O)CC1. The van der Waals surface area contributed by atoms with Gasteiger partial charge in [0, 0.05) is 43.6 Å². The predicted octanol–water partition coefficient (Wildman–Crippen LogP) is 2.16. The Morgan fingerprint density at radius 1 is 1.23 bits per heavy atom. The summed E-state index contributed by atoms with van der Waals surface area (Å²) in [5.74, 6) is -0.0162. The van der Waals surface area contributed by atoms with Crippen LogP contribution < -0.4 is 16.4 Å². The Morgan fingerprint density at radius 3 is 2.19 bits per heavy atom. The number of ether oxygens (including phenoxy) is 1. The minimum Gasteiger partial charge on any atom is -0.598 e. The summed E-state index contributed by atoms with van der Waals surface area (Å²) in [4.78, 5) is 25.4. The summed E-state index contributed by atoms with van der Waals surface area (Å²) in [6, 6.07) is 3.90. The van der Waals surface area contributed by atoms with Crippen LogP contribution in [0.15, 0.2) is 12.1 Å². The van der Waals surface area contributed by atoms with Gasteiger partial charge in [-0.3, -0.25) is 9.69 Å². The highest BCUT2D eigenvalue weighted by atomic mass is 32.2. The van der Waals surface area contributed by atoms with Gasteiger partial charge < -0.3 is 20.8 Å². The average Bonchev–Trinajstić information content (AvgIpc) is 2.65. The third-order valence-electron chi connectivity index (χ3n) is 5.66. The summed E-state index contributed by atoms with van der Waals surface area (Å²) in [6.07, 6.45) is 1.08. The number of piperidine rings is 1. The van der Waals surface area contributed by atoms with Crippen molar-refractivity contribution >= 4 is 29.0 Å². The first kappa shape index (κ1) is 25.5. The van der Waals surface area contributed by atoms with E-state index >= 15 is 0 Å². The number of aryl methyl sites for hydroxylation is 2. The molecule has 0 saturated carbocycles. The van der Waals surface area contributed by atoms with Gasteiger partial charge in [0.05, 0.1) is 5.54 Å². The fourth-order valence-electron chi connectivity index (χ4n) is 3.65. The van der Waals surface area contributed by atoms with Gasteiger partial charge in [-0.2, -0.15) is 0 Å². The normalized spacial score (nSPS) is 17.8. The Labute approximate surface area is 188 Å². The fourth-order valence-corrected chi connectivity index (χ4v) is 4.87. The maximum atomic E-state index is 12.8. The monoisotopic (exact) mass is 452 g/mol. The van der Waals surface area contributed by atoms with Crippen molar-refractivity contribution in [3.8, 4) is 0 Å². The van der Waals surface area contributed by atoms with Crippen LogP contribution in [0.4, 0.5) is 10.5 Å². The highest BCUT2D eigenvalue weighted by Gasteiger charge is 2.39. The van der Waals surface area contributed by atoms with Crippen LogP contribution in [0.2, 0.25) is 0 Å². The summed E-state index contributed by atoms with van der Waals surface area (Å²) in [5, 5.41) is 0. The van der Waals surface area contributed by atoms with Crippen LogP contribution in [-0.2, 0) is 27.3 Å². The number of carbonyl (C=O) groups excluding carboxylic acids is 2. The summed E-state index contributed by atoms with van der Waals surface area (Å²) in [5.41, 5.74) is 13.8. The molecule has 1 atom stereocenters. The second kappa shape index (κ2) is 9.77. The topological polar surface area (TPSA) is 125 Å². The number of nitrogens with zero attached hydrogens (tertiary/aromatic N) is 2. The molecule has 1 aliphatic rings. The Kier molecular flexibility index (Phi) is 8.02. The molecule has 0 aliphatic carbocycles. The number of rotatable bonds is 6. The van der Waals surface area contributed by atoms with Gasteiger partial charge in [-0.1, -0.05) is 0 Å². The predicted molar refractivity (Wildman–Crippen MR) is 124 cm³/mol. The molecular weight excluding hydrogens is 416 g/mol. The molecule has 0 bridgehead atoms. The lowest BCUT2D eigenvalue weighted by molar-refractivity contribution is -0.124. The van der Waals surface area contributed by atoms with Crippen molar-refractivity contribution in [1.82, 2.24) is 4.31 Å². The molecule has 8 nitrogen and oxygen atoms in total. The van der Waals surface area contributed by atoms with Crippen molar-refractivity contribution in [2.45, 2.75) is 65.0 Å². The van der Waals surface area contributed by atoms with Crippen LogP contribution in [-0.4, -0.2) is 57.9 Å². The molecule has 1 fully saturated rings. The Balaban J connectivity index is 2.00. The van der Waals surface area contributed by atoms with E-state index in [4.69, 9.17) is 16.2 Å². The number of carbonyl (C=O) groups is 2. The van der Waals surface area contributed by atoms with E-state index in [1.165, 1.54) is 4.90 Å². The van der Waals surface area contributed by atoms with Crippen LogP contribution in [0.1, 0.15) is 50.3 Å². The molecule has 4 N–H and O–H groups in total. The molecule has 2 rings (SSSR count). The van der Waals surface area contributed by atoms with Gasteiger partial charge in [0.2, 0.25) is 5.91 Å². The zero-order valence-electron chi connectivity index (χ0n) is 19.5. The number of nitrogens with two attached hydrogens (primary N) is 2. The molecule has 1 aliphatic heterocycles. The van der Waals surface area contributed by atoms with Gasteiger partial charge in [0.1, 0.15) is 11.4 Å². The zero-order valence-corrected chi connectivity index (χ0v) is 20.3. The van der Waals surface area contributed by atoms with E-state index in [2.05, 4.69) is 0 Å². The highest BCUT2D eigenvalue weighted by molar-refractivity contribution is 7.89. The van der Waals surface area contributed by atoms with Gasteiger partial charge in [0.15, 0.2) is 0 Å². The van der Waals surface area contributed by atoms with Gasteiger partial charge in [0.25, 0.3) is 0 Å². The Bertz CT molecular complexity index is 793. The third kappa shape index (κ3) is 6.58. The van der Waals surface area contributed by atoms with E-state index in [9.17, 15) is 14.1 Å².